The van der Waals surface area contributed by atoms with E-state index in [0.717, 1.165) is 33.2 Å². The lowest BCUT2D eigenvalue weighted by Gasteiger charge is -2.06. The van der Waals surface area contributed by atoms with E-state index in [-0.39, 0.29) is 5.91 Å². The van der Waals surface area contributed by atoms with Crippen LogP contribution in [0.25, 0.3) is 33.1 Å². The predicted molar refractivity (Wildman–Crippen MR) is 137 cm³/mol. The number of amides is 1. The van der Waals surface area contributed by atoms with Crippen molar-refractivity contribution in [3.8, 4) is 11.3 Å². The van der Waals surface area contributed by atoms with Gasteiger partial charge >= 0.3 is 0 Å². The minimum Gasteiger partial charge on any atom is -0.341 e. The normalized spacial score (nSPS) is 11.3. The van der Waals surface area contributed by atoms with Gasteiger partial charge in [-0.3, -0.25) is 4.79 Å². The molecule has 2 aromatic heterocycles. The second kappa shape index (κ2) is 8.98. The molecule has 5 aromatic rings. The summed E-state index contributed by atoms with van der Waals surface area (Å²) in [6.07, 6.45) is 0. The Labute approximate surface area is 199 Å². The number of carbonyl (C=O) groups is 1. The molecule has 0 aliphatic rings. The van der Waals surface area contributed by atoms with Gasteiger partial charge < -0.3 is 9.88 Å². The Morgan fingerprint density at radius 1 is 1.06 bits per heavy atom. The molecule has 0 unspecified atom stereocenters. The first kappa shape index (κ1) is 21.1. The number of thioether (sulfide) groups is 1. The van der Waals surface area contributed by atoms with Crippen LogP contribution in [-0.2, 0) is 11.3 Å². The highest BCUT2D eigenvalue weighted by molar-refractivity contribution is 8.01. The lowest BCUT2D eigenvalue weighted by Crippen LogP contribution is -2.13. The third-order valence-electron chi connectivity index (χ3n) is 5.32. The number of para-hydroxylation sites is 1. The number of nitrogens with zero attached hydrogens (tertiary/aromatic N) is 2. The van der Waals surface area contributed by atoms with Gasteiger partial charge in [0.15, 0.2) is 4.34 Å². The third kappa shape index (κ3) is 4.13. The van der Waals surface area contributed by atoms with Crippen LogP contribution in [0.15, 0.2) is 76.4 Å². The van der Waals surface area contributed by atoms with Gasteiger partial charge in [-0.1, -0.05) is 53.7 Å². The van der Waals surface area contributed by atoms with E-state index in [2.05, 4.69) is 58.2 Å². The molecule has 1 amide bonds. The van der Waals surface area contributed by atoms with Crippen LogP contribution in [0.4, 0.5) is 5.69 Å². The maximum absolute atomic E-state index is 12.6. The first-order valence-corrected chi connectivity index (χ1v) is 12.5. The van der Waals surface area contributed by atoms with Gasteiger partial charge in [-0.15, -0.1) is 11.3 Å². The molecule has 0 bridgehead atoms. The Kier molecular flexibility index (Phi) is 5.91. The number of nitrogens with one attached hydrogen (secondary N) is 1. The number of aromatic nitrogens is 2. The molecule has 32 heavy (non-hydrogen) atoms. The van der Waals surface area contributed by atoms with Gasteiger partial charge in [0.1, 0.15) is 0 Å². The van der Waals surface area contributed by atoms with Crippen molar-refractivity contribution in [3.63, 3.8) is 0 Å². The highest BCUT2D eigenvalue weighted by Gasteiger charge is 2.12. The Balaban J connectivity index is 1.28. The molecule has 0 spiro atoms. The standard InChI is InChI=1S/C25H20ClN3OS2/c1-2-29-22-6-4-3-5-19(22)20-13-18(11-12-23(20)29)27-24(30)15-32-25-28-21(14-31-25)16-7-9-17(26)10-8-16/h3-14H,2,15H2,1H3,(H,27,30). The van der Waals surface area contributed by atoms with Crippen LogP contribution < -0.4 is 5.32 Å². The van der Waals surface area contributed by atoms with Crippen molar-refractivity contribution in [2.75, 3.05) is 11.1 Å². The van der Waals surface area contributed by atoms with Gasteiger partial charge in [0, 0.05) is 50.0 Å². The highest BCUT2D eigenvalue weighted by Crippen LogP contribution is 2.32. The van der Waals surface area contributed by atoms with E-state index in [1.807, 2.05) is 35.7 Å². The number of anilines is 1. The first-order valence-electron chi connectivity index (χ1n) is 10.3. The first-order chi connectivity index (χ1) is 15.6. The van der Waals surface area contributed by atoms with Crippen LogP contribution >= 0.6 is 34.7 Å². The molecule has 5 rings (SSSR count). The van der Waals surface area contributed by atoms with E-state index in [1.54, 1.807) is 11.3 Å². The Hall–Kier alpha value is -2.80. The van der Waals surface area contributed by atoms with Gasteiger partial charge in [0.25, 0.3) is 0 Å². The molecule has 0 atom stereocenters. The van der Waals surface area contributed by atoms with Crippen LogP contribution in [0, 0.1) is 0 Å². The fourth-order valence-electron chi connectivity index (χ4n) is 3.87. The number of carbonyl (C=O) groups excluding carboxylic acids is 1. The third-order valence-corrected chi connectivity index (χ3v) is 7.60. The fraction of sp³-hybridized carbons (Fsp3) is 0.120. The molecule has 4 nitrogen and oxygen atoms in total. The summed E-state index contributed by atoms with van der Waals surface area (Å²) in [7, 11) is 0. The highest BCUT2D eigenvalue weighted by atomic mass is 35.5. The summed E-state index contributed by atoms with van der Waals surface area (Å²) in [6, 6.07) is 22.1. The molecule has 0 saturated carbocycles. The molecular formula is C25H20ClN3OS2. The zero-order valence-corrected chi connectivity index (χ0v) is 19.7. The van der Waals surface area contributed by atoms with Crippen molar-refractivity contribution >= 4 is 68.1 Å². The monoisotopic (exact) mass is 477 g/mol. The van der Waals surface area contributed by atoms with Crippen molar-refractivity contribution in [2.24, 2.45) is 0 Å². The Morgan fingerprint density at radius 2 is 1.84 bits per heavy atom. The van der Waals surface area contributed by atoms with Crippen molar-refractivity contribution in [1.29, 1.82) is 0 Å². The SMILES string of the molecule is CCn1c2ccccc2c2cc(NC(=O)CSc3nc(-c4ccc(Cl)cc4)cs3)ccc21. The minimum atomic E-state index is -0.0446. The molecule has 7 heteroatoms. The second-order valence-electron chi connectivity index (χ2n) is 7.34. The summed E-state index contributed by atoms with van der Waals surface area (Å²) in [5, 5.41) is 8.09. The van der Waals surface area contributed by atoms with E-state index >= 15 is 0 Å². The van der Waals surface area contributed by atoms with Crippen LogP contribution in [0.3, 0.4) is 0 Å². The van der Waals surface area contributed by atoms with E-state index in [1.165, 1.54) is 28.2 Å². The van der Waals surface area contributed by atoms with Gasteiger partial charge in [0.05, 0.1) is 11.4 Å². The Morgan fingerprint density at radius 3 is 2.66 bits per heavy atom. The number of thiazole rings is 1. The summed E-state index contributed by atoms with van der Waals surface area (Å²) in [5.74, 6) is 0.263. The number of benzene rings is 3. The molecule has 160 valence electrons. The summed E-state index contributed by atoms with van der Waals surface area (Å²) in [5.41, 5.74) is 5.11. The molecule has 0 aliphatic carbocycles. The molecule has 0 radical (unpaired) electrons. The van der Waals surface area contributed by atoms with Crippen LogP contribution in [-0.4, -0.2) is 21.2 Å². The van der Waals surface area contributed by atoms with Crippen LogP contribution in [0.2, 0.25) is 5.02 Å². The van der Waals surface area contributed by atoms with Gasteiger partial charge in [-0.05, 0) is 43.3 Å². The van der Waals surface area contributed by atoms with Crippen LogP contribution in [0.1, 0.15) is 6.92 Å². The number of hydrogen-bond donors (Lipinski definition) is 1. The maximum atomic E-state index is 12.6. The quantitative estimate of drug-likeness (QED) is 0.260. The summed E-state index contributed by atoms with van der Waals surface area (Å²) in [4.78, 5) is 17.2. The topological polar surface area (TPSA) is 46.9 Å². The molecule has 0 aliphatic heterocycles. The molecule has 1 N–H and O–H groups in total. The van der Waals surface area contributed by atoms with Crippen molar-refractivity contribution < 1.29 is 4.79 Å². The molecule has 2 heterocycles. The average Bonchev–Trinajstić information content (AvgIpc) is 3.41. The summed E-state index contributed by atoms with van der Waals surface area (Å²) in [6.45, 7) is 3.05. The number of hydrogen-bond acceptors (Lipinski definition) is 4. The number of aryl methyl sites for hydroxylation is 1. The van der Waals surface area contributed by atoms with Gasteiger partial charge in [0.2, 0.25) is 5.91 Å². The zero-order valence-electron chi connectivity index (χ0n) is 17.3. The molecule has 0 fully saturated rings. The number of halogens is 1. The fourth-order valence-corrected chi connectivity index (χ4v) is 5.63. The van der Waals surface area contributed by atoms with Crippen molar-refractivity contribution in [1.82, 2.24) is 9.55 Å². The lowest BCUT2D eigenvalue weighted by atomic mass is 10.1. The minimum absolute atomic E-state index is 0.0446. The molecular weight excluding hydrogens is 458 g/mol. The van der Waals surface area contributed by atoms with E-state index in [4.69, 9.17) is 11.6 Å². The Bertz CT molecular complexity index is 1420. The average molecular weight is 478 g/mol. The lowest BCUT2D eigenvalue weighted by molar-refractivity contribution is -0.113. The summed E-state index contributed by atoms with van der Waals surface area (Å²) >= 11 is 8.94. The number of rotatable bonds is 6. The smallest absolute Gasteiger partial charge is 0.234 e. The molecule has 3 aromatic carbocycles. The summed E-state index contributed by atoms with van der Waals surface area (Å²) < 4.78 is 3.17. The van der Waals surface area contributed by atoms with Crippen LogP contribution in [0.5, 0.6) is 0 Å². The largest absolute Gasteiger partial charge is 0.341 e. The van der Waals surface area contributed by atoms with E-state index < -0.39 is 0 Å². The van der Waals surface area contributed by atoms with Gasteiger partial charge in [-0.2, -0.15) is 0 Å². The maximum Gasteiger partial charge on any atom is 0.234 e. The van der Waals surface area contributed by atoms with E-state index in [9.17, 15) is 4.79 Å². The van der Waals surface area contributed by atoms with Gasteiger partial charge in [-0.25, -0.2) is 4.98 Å². The number of fused-ring (bicyclic) bond motifs is 3. The zero-order chi connectivity index (χ0) is 22.1. The second-order valence-corrected chi connectivity index (χ2v) is 9.85. The van der Waals surface area contributed by atoms with Crippen molar-refractivity contribution in [2.45, 2.75) is 17.8 Å². The van der Waals surface area contributed by atoms with E-state index in [0.29, 0.717) is 10.8 Å². The molecule has 0 saturated heterocycles. The van der Waals surface area contributed by atoms with Crippen molar-refractivity contribution in [3.05, 3.63) is 77.1 Å². The predicted octanol–water partition coefficient (Wildman–Crippen LogP) is 7.32.